The van der Waals surface area contributed by atoms with Gasteiger partial charge in [0.05, 0.1) is 5.56 Å². The maximum absolute atomic E-state index is 12.5. The summed E-state index contributed by atoms with van der Waals surface area (Å²) in [6.45, 7) is 5.78. The molecule has 0 radical (unpaired) electrons. The maximum Gasteiger partial charge on any atom is 0.416 e. The van der Waals surface area contributed by atoms with Crippen LogP contribution >= 0.6 is 0 Å². The van der Waals surface area contributed by atoms with Crippen molar-refractivity contribution in [2.75, 3.05) is 13.6 Å². The minimum Gasteiger partial charge on any atom is -0.355 e. The van der Waals surface area contributed by atoms with Gasteiger partial charge in [-0.2, -0.15) is 13.2 Å². The summed E-state index contributed by atoms with van der Waals surface area (Å²) in [4.78, 5) is 25.1. The molecule has 0 aromatic heterocycles. The van der Waals surface area contributed by atoms with Crippen LogP contribution in [0.1, 0.15) is 38.3 Å². The Balaban J connectivity index is 2.48. The summed E-state index contributed by atoms with van der Waals surface area (Å²) in [5, 5.41) is 2.68. The highest BCUT2D eigenvalue weighted by molar-refractivity contribution is 5.82. The predicted octanol–water partition coefficient (Wildman–Crippen LogP) is 3.22. The Kier molecular flexibility index (Phi) is 6.40. The molecule has 0 fully saturated rings. The number of carbonyl (C=O) groups is 2. The zero-order valence-corrected chi connectivity index (χ0v) is 14.3. The lowest BCUT2D eigenvalue weighted by Crippen LogP contribution is -2.37. The standard InChI is InChI=1S/C17H23F3N2O2/c1-16(2,3)15(24)21-10-9-14(23)22(4)11-12-5-7-13(8-6-12)17(18,19)20/h5-8H,9-11H2,1-4H3,(H,21,24). The highest BCUT2D eigenvalue weighted by Crippen LogP contribution is 2.29. The summed E-state index contributed by atoms with van der Waals surface area (Å²) in [5.41, 5.74) is -0.627. The number of nitrogens with one attached hydrogen (secondary N) is 1. The van der Waals surface area contributed by atoms with Crippen molar-refractivity contribution in [1.82, 2.24) is 10.2 Å². The molecule has 0 aliphatic carbocycles. The maximum atomic E-state index is 12.5. The van der Waals surface area contributed by atoms with Gasteiger partial charge < -0.3 is 10.2 Å². The van der Waals surface area contributed by atoms with Crippen LogP contribution in [0, 0.1) is 5.41 Å². The number of amides is 2. The highest BCUT2D eigenvalue weighted by atomic mass is 19.4. The van der Waals surface area contributed by atoms with E-state index in [0.29, 0.717) is 5.56 Å². The quantitative estimate of drug-likeness (QED) is 0.892. The molecule has 0 bridgehead atoms. The molecule has 1 rings (SSSR count). The van der Waals surface area contributed by atoms with Crippen LogP contribution in [0.4, 0.5) is 13.2 Å². The molecular formula is C17H23F3N2O2. The van der Waals surface area contributed by atoms with Gasteiger partial charge in [0.15, 0.2) is 0 Å². The van der Waals surface area contributed by atoms with Gasteiger partial charge >= 0.3 is 6.18 Å². The van der Waals surface area contributed by atoms with Crippen LogP contribution in [-0.2, 0) is 22.3 Å². The van der Waals surface area contributed by atoms with Crippen LogP contribution in [0.3, 0.4) is 0 Å². The van der Waals surface area contributed by atoms with Crippen molar-refractivity contribution in [3.05, 3.63) is 35.4 Å². The fraction of sp³-hybridized carbons (Fsp3) is 0.529. The van der Waals surface area contributed by atoms with E-state index in [4.69, 9.17) is 0 Å². The SMILES string of the molecule is CN(Cc1ccc(C(F)(F)F)cc1)C(=O)CCNC(=O)C(C)(C)C. The number of benzene rings is 1. The van der Waals surface area contributed by atoms with Crippen LogP contribution < -0.4 is 5.32 Å². The molecule has 1 aromatic carbocycles. The summed E-state index contributed by atoms with van der Waals surface area (Å²) in [6.07, 6.45) is -4.23. The number of rotatable bonds is 5. The molecule has 0 unspecified atom stereocenters. The molecule has 24 heavy (non-hydrogen) atoms. The van der Waals surface area contributed by atoms with E-state index in [9.17, 15) is 22.8 Å². The second-order valence-corrected chi connectivity index (χ2v) is 6.70. The summed E-state index contributed by atoms with van der Waals surface area (Å²) in [6, 6.07) is 4.70. The van der Waals surface area contributed by atoms with Crippen LogP contribution in [0.2, 0.25) is 0 Å². The first kappa shape index (κ1) is 20.0. The lowest BCUT2D eigenvalue weighted by molar-refractivity contribution is -0.137. The number of halogens is 3. The van der Waals surface area contributed by atoms with Crippen molar-refractivity contribution in [3.63, 3.8) is 0 Å². The molecule has 0 saturated carbocycles. The van der Waals surface area contributed by atoms with Crippen molar-refractivity contribution in [3.8, 4) is 0 Å². The third-order valence-electron chi connectivity index (χ3n) is 3.43. The van der Waals surface area contributed by atoms with E-state index < -0.39 is 17.2 Å². The fourth-order valence-corrected chi connectivity index (χ4v) is 1.90. The number of hydrogen-bond acceptors (Lipinski definition) is 2. The second-order valence-electron chi connectivity index (χ2n) is 6.70. The Bertz CT molecular complexity index is 575. The number of alkyl halides is 3. The van der Waals surface area contributed by atoms with Gasteiger partial charge in [-0.25, -0.2) is 0 Å². The van der Waals surface area contributed by atoms with Gasteiger partial charge in [0.2, 0.25) is 11.8 Å². The molecule has 2 amide bonds. The van der Waals surface area contributed by atoms with E-state index in [2.05, 4.69) is 5.32 Å². The normalized spacial score (nSPS) is 12.0. The van der Waals surface area contributed by atoms with Crippen LogP contribution in [0.25, 0.3) is 0 Å². The highest BCUT2D eigenvalue weighted by Gasteiger charge is 2.30. The largest absolute Gasteiger partial charge is 0.416 e. The van der Waals surface area contributed by atoms with Gasteiger partial charge in [-0.3, -0.25) is 9.59 Å². The number of carbonyl (C=O) groups excluding carboxylic acids is 2. The van der Waals surface area contributed by atoms with E-state index in [1.54, 1.807) is 27.8 Å². The van der Waals surface area contributed by atoms with Crippen molar-refractivity contribution < 1.29 is 22.8 Å². The molecule has 0 heterocycles. The number of hydrogen-bond donors (Lipinski definition) is 1. The molecule has 0 atom stereocenters. The van der Waals surface area contributed by atoms with Crippen molar-refractivity contribution in [1.29, 1.82) is 0 Å². The van der Waals surface area contributed by atoms with E-state index >= 15 is 0 Å². The average Bonchev–Trinajstić information content (AvgIpc) is 2.45. The van der Waals surface area contributed by atoms with E-state index in [1.807, 2.05) is 0 Å². The molecule has 0 aliphatic heterocycles. The van der Waals surface area contributed by atoms with Crippen molar-refractivity contribution >= 4 is 11.8 Å². The lowest BCUT2D eigenvalue weighted by Gasteiger charge is -2.20. The molecule has 0 aliphatic rings. The molecule has 134 valence electrons. The third kappa shape index (κ3) is 6.22. The zero-order chi connectivity index (χ0) is 18.5. The Morgan fingerprint density at radius 3 is 2.08 bits per heavy atom. The minimum absolute atomic E-state index is 0.138. The molecule has 0 spiro atoms. The Hall–Kier alpha value is -2.05. The van der Waals surface area contributed by atoms with Gasteiger partial charge in [-0.1, -0.05) is 32.9 Å². The van der Waals surface area contributed by atoms with Crippen LogP contribution in [-0.4, -0.2) is 30.3 Å². The summed E-state index contributed by atoms with van der Waals surface area (Å²) in [5.74, 6) is -0.329. The Labute approximate surface area is 140 Å². The monoisotopic (exact) mass is 344 g/mol. The van der Waals surface area contributed by atoms with Gasteiger partial charge in [-0.15, -0.1) is 0 Å². The van der Waals surface area contributed by atoms with Crippen LogP contribution in [0.5, 0.6) is 0 Å². The first-order valence-corrected chi connectivity index (χ1v) is 7.59. The molecule has 7 heteroatoms. The Morgan fingerprint density at radius 1 is 1.08 bits per heavy atom. The van der Waals surface area contributed by atoms with Gasteiger partial charge in [0.1, 0.15) is 0 Å². The first-order valence-electron chi connectivity index (χ1n) is 7.59. The van der Waals surface area contributed by atoms with Crippen LogP contribution in [0.15, 0.2) is 24.3 Å². The summed E-state index contributed by atoms with van der Waals surface area (Å²) in [7, 11) is 1.57. The second kappa shape index (κ2) is 7.68. The summed E-state index contributed by atoms with van der Waals surface area (Å²) < 4.78 is 37.5. The van der Waals surface area contributed by atoms with Crippen molar-refractivity contribution in [2.45, 2.75) is 39.9 Å². The third-order valence-corrected chi connectivity index (χ3v) is 3.43. The smallest absolute Gasteiger partial charge is 0.355 e. The van der Waals surface area contributed by atoms with Gasteiger partial charge in [0.25, 0.3) is 0 Å². The zero-order valence-electron chi connectivity index (χ0n) is 14.3. The average molecular weight is 344 g/mol. The Morgan fingerprint density at radius 2 is 1.62 bits per heavy atom. The molecule has 0 saturated heterocycles. The fourth-order valence-electron chi connectivity index (χ4n) is 1.90. The van der Waals surface area contributed by atoms with Gasteiger partial charge in [0, 0.05) is 32.0 Å². The van der Waals surface area contributed by atoms with E-state index in [0.717, 1.165) is 12.1 Å². The molecule has 4 nitrogen and oxygen atoms in total. The topological polar surface area (TPSA) is 49.4 Å². The number of nitrogens with zero attached hydrogens (tertiary/aromatic N) is 1. The minimum atomic E-state index is -4.37. The molecular weight excluding hydrogens is 321 g/mol. The summed E-state index contributed by atoms with van der Waals surface area (Å²) >= 11 is 0. The van der Waals surface area contributed by atoms with E-state index in [-0.39, 0.29) is 31.3 Å². The predicted molar refractivity (Wildman–Crippen MR) is 85.0 cm³/mol. The lowest BCUT2D eigenvalue weighted by atomic mass is 9.96. The molecule has 1 aromatic rings. The first-order chi connectivity index (χ1) is 10.9. The van der Waals surface area contributed by atoms with E-state index in [1.165, 1.54) is 17.0 Å². The molecule has 1 N–H and O–H groups in total. The van der Waals surface area contributed by atoms with Gasteiger partial charge in [-0.05, 0) is 17.7 Å². The van der Waals surface area contributed by atoms with Crippen molar-refractivity contribution in [2.24, 2.45) is 5.41 Å².